The number of aromatic nitrogens is 1. The van der Waals surface area contributed by atoms with Gasteiger partial charge in [0.25, 0.3) is 0 Å². The Kier molecular flexibility index (Phi) is 2.87. The van der Waals surface area contributed by atoms with Crippen LogP contribution < -0.4 is 10.5 Å². The summed E-state index contributed by atoms with van der Waals surface area (Å²) in [5.41, 5.74) is 8.33. The highest BCUT2D eigenvalue weighted by Crippen LogP contribution is 2.41. The molecule has 0 aliphatic rings. The summed E-state index contributed by atoms with van der Waals surface area (Å²) in [5, 5.41) is 3.67. The maximum absolute atomic E-state index is 5.71. The zero-order valence-corrected chi connectivity index (χ0v) is 10.5. The smallest absolute Gasteiger partial charge is 0.230 e. The van der Waals surface area contributed by atoms with Crippen LogP contribution in [-0.2, 0) is 0 Å². The highest BCUT2D eigenvalue weighted by molar-refractivity contribution is 9.10. The van der Waals surface area contributed by atoms with Gasteiger partial charge in [0.1, 0.15) is 5.75 Å². The van der Waals surface area contributed by atoms with E-state index >= 15 is 0 Å². The number of nitrogens with two attached hydrogens (primary N) is 1. The van der Waals surface area contributed by atoms with Crippen LogP contribution in [0.25, 0.3) is 11.1 Å². The maximum atomic E-state index is 5.71. The number of rotatable bonds is 2. The van der Waals surface area contributed by atoms with Crippen LogP contribution >= 0.6 is 15.9 Å². The molecule has 0 aliphatic carbocycles. The first-order chi connectivity index (χ1) is 7.65. The molecule has 0 radical (unpaired) electrons. The van der Waals surface area contributed by atoms with Gasteiger partial charge in [-0.3, -0.25) is 0 Å². The SMILES string of the molecule is COc1c(C)ccc(Br)c1-c1cnoc1N. The summed E-state index contributed by atoms with van der Waals surface area (Å²) in [6.07, 6.45) is 1.58. The average Bonchev–Trinajstić information content (AvgIpc) is 2.67. The van der Waals surface area contributed by atoms with Crippen LogP contribution in [0.1, 0.15) is 5.56 Å². The molecule has 1 aromatic carbocycles. The van der Waals surface area contributed by atoms with E-state index in [0.29, 0.717) is 0 Å². The zero-order chi connectivity index (χ0) is 11.7. The van der Waals surface area contributed by atoms with Crippen molar-refractivity contribution in [2.45, 2.75) is 6.92 Å². The molecule has 84 valence electrons. The second-order valence-electron chi connectivity index (χ2n) is 3.38. The van der Waals surface area contributed by atoms with E-state index in [9.17, 15) is 0 Å². The summed E-state index contributed by atoms with van der Waals surface area (Å²) in [7, 11) is 1.63. The summed E-state index contributed by atoms with van der Waals surface area (Å²) in [6.45, 7) is 1.97. The lowest BCUT2D eigenvalue weighted by Crippen LogP contribution is -1.94. The van der Waals surface area contributed by atoms with Gasteiger partial charge in [-0.25, -0.2) is 0 Å². The molecule has 0 aliphatic heterocycles. The Labute approximate surface area is 102 Å². The topological polar surface area (TPSA) is 61.3 Å². The second-order valence-corrected chi connectivity index (χ2v) is 4.23. The van der Waals surface area contributed by atoms with E-state index in [2.05, 4.69) is 21.1 Å². The van der Waals surface area contributed by atoms with Gasteiger partial charge in [-0.1, -0.05) is 27.2 Å². The van der Waals surface area contributed by atoms with Gasteiger partial charge in [-0.15, -0.1) is 0 Å². The van der Waals surface area contributed by atoms with Crippen molar-refractivity contribution >= 4 is 21.8 Å². The van der Waals surface area contributed by atoms with Crippen molar-refractivity contribution in [1.82, 2.24) is 5.16 Å². The first-order valence-corrected chi connectivity index (χ1v) is 5.48. The molecule has 0 saturated carbocycles. The lowest BCUT2D eigenvalue weighted by Gasteiger charge is -2.11. The van der Waals surface area contributed by atoms with E-state index in [1.165, 1.54) is 0 Å². The van der Waals surface area contributed by atoms with Gasteiger partial charge in [-0.2, -0.15) is 0 Å². The maximum Gasteiger partial charge on any atom is 0.230 e. The number of methoxy groups -OCH3 is 1. The zero-order valence-electron chi connectivity index (χ0n) is 8.95. The molecule has 2 rings (SSSR count). The first-order valence-electron chi connectivity index (χ1n) is 4.68. The number of hydrogen-bond donors (Lipinski definition) is 1. The minimum absolute atomic E-state index is 0.282. The van der Waals surface area contributed by atoms with Crippen molar-refractivity contribution in [3.8, 4) is 16.9 Å². The number of nitrogen functional groups attached to an aromatic ring is 1. The van der Waals surface area contributed by atoms with Crippen molar-refractivity contribution in [3.63, 3.8) is 0 Å². The molecule has 0 fully saturated rings. The van der Waals surface area contributed by atoms with Crippen molar-refractivity contribution in [1.29, 1.82) is 0 Å². The third-order valence-electron chi connectivity index (χ3n) is 2.38. The number of aryl methyl sites for hydroxylation is 1. The quantitative estimate of drug-likeness (QED) is 0.920. The summed E-state index contributed by atoms with van der Waals surface area (Å²) in [4.78, 5) is 0. The fourth-order valence-electron chi connectivity index (χ4n) is 1.61. The highest BCUT2D eigenvalue weighted by atomic mass is 79.9. The van der Waals surface area contributed by atoms with Gasteiger partial charge in [0.2, 0.25) is 5.88 Å². The van der Waals surface area contributed by atoms with Crippen molar-refractivity contribution in [2.24, 2.45) is 0 Å². The van der Waals surface area contributed by atoms with Crippen molar-refractivity contribution in [2.75, 3.05) is 12.8 Å². The lowest BCUT2D eigenvalue weighted by molar-refractivity contribution is 0.413. The molecular formula is C11H11BrN2O2. The Morgan fingerprint density at radius 1 is 1.44 bits per heavy atom. The molecule has 5 heteroatoms. The Morgan fingerprint density at radius 3 is 2.75 bits per heavy atom. The summed E-state index contributed by atoms with van der Waals surface area (Å²) < 4.78 is 11.1. The van der Waals surface area contributed by atoms with Crippen LogP contribution in [0.4, 0.5) is 5.88 Å². The first kappa shape index (κ1) is 11.0. The number of hydrogen-bond acceptors (Lipinski definition) is 4. The van der Waals surface area contributed by atoms with Crippen LogP contribution in [0.2, 0.25) is 0 Å². The van der Waals surface area contributed by atoms with E-state index < -0.39 is 0 Å². The molecule has 1 heterocycles. The number of benzene rings is 1. The molecule has 16 heavy (non-hydrogen) atoms. The standard InChI is InChI=1S/C11H11BrN2O2/c1-6-3-4-8(12)9(10(6)15-2)7-5-14-16-11(7)13/h3-5H,13H2,1-2H3. The molecular weight excluding hydrogens is 272 g/mol. The fraction of sp³-hybridized carbons (Fsp3) is 0.182. The van der Waals surface area contributed by atoms with Crippen LogP contribution in [0.3, 0.4) is 0 Å². The Hall–Kier alpha value is -1.49. The minimum atomic E-state index is 0.282. The van der Waals surface area contributed by atoms with Crippen LogP contribution in [-0.4, -0.2) is 12.3 Å². The predicted octanol–water partition coefficient (Wildman–Crippen LogP) is 3.00. The van der Waals surface area contributed by atoms with Crippen molar-refractivity contribution in [3.05, 3.63) is 28.4 Å². The Bertz CT molecular complexity index is 523. The van der Waals surface area contributed by atoms with Crippen LogP contribution in [0, 0.1) is 6.92 Å². The van der Waals surface area contributed by atoms with E-state index in [1.807, 2.05) is 19.1 Å². The second kappa shape index (κ2) is 4.17. The molecule has 0 unspecified atom stereocenters. The van der Waals surface area contributed by atoms with Gasteiger partial charge < -0.3 is 15.0 Å². The molecule has 0 amide bonds. The minimum Gasteiger partial charge on any atom is -0.496 e. The molecule has 0 saturated heterocycles. The lowest BCUT2D eigenvalue weighted by atomic mass is 10.0. The summed E-state index contributed by atoms with van der Waals surface area (Å²) in [6, 6.07) is 3.91. The predicted molar refractivity (Wildman–Crippen MR) is 65.3 cm³/mol. The third-order valence-corrected chi connectivity index (χ3v) is 3.04. The largest absolute Gasteiger partial charge is 0.496 e. The van der Waals surface area contributed by atoms with E-state index in [0.717, 1.165) is 26.9 Å². The highest BCUT2D eigenvalue weighted by Gasteiger charge is 2.17. The van der Waals surface area contributed by atoms with Gasteiger partial charge in [-0.05, 0) is 18.6 Å². The average molecular weight is 283 g/mol. The van der Waals surface area contributed by atoms with Crippen LogP contribution in [0.5, 0.6) is 5.75 Å². The summed E-state index contributed by atoms with van der Waals surface area (Å²) >= 11 is 3.47. The van der Waals surface area contributed by atoms with Gasteiger partial charge in [0.15, 0.2) is 0 Å². The monoisotopic (exact) mass is 282 g/mol. The molecule has 1 aromatic heterocycles. The van der Waals surface area contributed by atoms with E-state index in [1.54, 1.807) is 13.3 Å². The molecule has 4 nitrogen and oxygen atoms in total. The number of anilines is 1. The normalized spacial score (nSPS) is 10.4. The third kappa shape index (κ3) is 1.67. The van der Waals surface area contributed by atoms with Crippen molar-refractivity contribution < 1.29 is 9.26 Å². The molecule has 0 spiro atoms. The van der Waals surface area contributed by atoms with E-state index in [-0.39, 0.29) is 5.88 Å². The molecule has 2 N–H and O–H groups in total. The van der Waals surface area contributed by atoms with Crippen LogP contribution in [0.15, 0.2) is 27.3 Å². The van der Waals surface area contributed by atoms with Gasteiger partial charge >= 0.3 is 0 Å². The molecule has 0 atom stereocenters. The number of ether oxygens (including phenoxy) is 1. The Balaban J connectivity index is 2.73. The summed E-state index contributed by atoms with van der Waals surface area (Å²) in [5.74, 6) is 1.05. The van der Waals surface area contributed by atoms with E-state index in [4.69, 9.17) is 15.0 Å². The van der Waals surface area contributed by atoms with Gasteiger partial charge in [0, 0.05) is 10.0 Å². The molecule has 0 bridgehead atoms. The number of nitrogens with zero attached hydrogens (tertiary/aromatic N) is 1. The Morgan fingerprint density at radius 2 is 2.19 bits per heavy atom. The number of halogens is 1. The fourth-order valence-corrected chi connectivity index (χ4v) is 2.14. The van der Waals surface area contributed by atoms with Gasteiger partial charge in [0.05, 0.1) is 18.9 Å². The molecule has 2 aromatic rings.